The van der Waals surface area contributed by atoms with Crippen molar-refractivity contribution in [3.8, 4) is 5.75 Å². The van der Waals surface area contributed by atoms with E-state index < -0.39 is 24.3 Å². The first-order chi connectivity index (χ1) is 12.1. The van der Waals surface area contributed by atoms with E-state index in [1.165, 1.54) is 18.2 Å². The zero-order valence-corrected chi connectivity index (χ0v) is 14.6. The maximum absolute atomic E-state index is 12.5. The van der Waals surface area contributed by atoms with E-state index in [-0.39, 0.29) is 30.2 Å². The van der Waals surface area contributed by atoms with Crippen molar-refractivity contribution in [3.63, 3.8) is 0 Å². The lowest BCUT2D eigenvalue weighted by molar-refractivity contribution is -0.153. The first-order valence-electron chi connectivity index (χ1n) is 8.02. The largest absolute Gasteiger partial charge is 0.484 e. The quantitative estimate of drug-likeness (QED) is 0.729. The van der Waals surface area contributed by atoms with Crippen LogP contribution in [0.4, 0.5) is 13.2 Å². The monoisotopic (exact) mass is 372 g/mol. The minimum atomic E-state index is -4.46. The number of hydrogen-bond donors (Lipinski definition) is 0. The molecule has 0 saturated carbocycles. The van der Waals surface area contributed by atoms with E-state index in [1.807, 2.05) is 13.8 Å². The summed E-state index contributed by atoms with van der Waals surface area (Å²) in [4.78, 5) is 24.2. The molecule has 0 amide bonds. The average Bonchev–Trinajstić information content (AvgIpc) is 2.54. The van der Waals surface area contributed by atoms with Gasteiger partial charge < -0.3 is 9.47 Å². The number of rotatable bonds is 6. The average molecular weight is 372 g/mol. The van der Waals surface area contributed by atoms with Crippen LogP contribution >= 0.6 is 0 Å². The van der Waals surface area contributed by atoms with E-state index in [1.54, 1.807) is 6.92 Å². The second kappa shape index (κ2) is 7.76. The molecule has 0 bridgehead atoms. The van der Waals surface area contributed by atoms with Crippen molar-refractivity contribution in [3.05, 3.63) is 34.2 Å². The molecule has 142 valence electrons. The van der Waals surface area contributed by atoms with E-state index in [2.05, 4.69) is 5.10 Å². The number of benzene rings is 1. The van der Waals surface area contributed by atoms with Gasteiger partial charge >= 0.3 is 12.1 Å². The van der Waals surface area contributed by atoms with Crippen LogP contribution in [0.15, 0.2) is 23.0 Å². The summed E-state index contributed by atoms with van der Waals surface area (Å²) < 4.78 is 47.6. The Morgan fingerprint density at radius 1 is 1.27 bits per heavy atom. The van der Waals surface area contributed by atoms with Crippen LogP contribution in [0, 0.1) is 0 Å². The summed E-state index contributed by atoms with van der Waals surface area (Å²) in [7, 11) is 0. The summed E-state index contributed by atoms with van der Waals surface area (Å²) in [5, 5.41) is 4.83. The number of aromatic nitrogens is 2. The molecule has 0 unspecified atom stereocenters. The second-order valence-corrected chi connectivity index (χ2v) is 5.92. The van der Waals surface area contributed by atoms with Crippen molar-refractivity contribution in [2.24, 2.45) is 0 Å². The Morgan fingerprint density at radius 2 is 1.96 bits per heavy atom. The number of halogens is 3. The predicted molar refractivity (Wildman–Crippen MR) is 88.3 cm³/mol. The van der Waals surface area contributed by atoms with Crippen molar-refractivity contribution in [1.82, 2.24) is 9.78 Å². The molecule has 0 aliphatic carbocycles. The van der Waals surface area contributed by atoms with Crippen LogP contribution in [-0.4, -0.2) is 35.1 Å². The van der Waals surface area contributed by atoms with Crippen LogP contribution in [0.3, 0.4) is 0 Å². The number of carbonyl (C=O) groups is 1. The molecule has 26 heavy (non-hydrogen) atoms. The molecule has 0 radical (unpaired) electrons. The van der Waals surface area contributed by atoms with Gasteiger partial charge in [-0.05, 0) is 31.0 Å². The molecule has 0 fully saturated rings. The second-order valence-electron chi connectivity index (χ2n) is 5.92. The Bertz CT molecular complexity index is 859. The molecule has 0 aliphatic rings. The Morgan fingerprint density at radius 3 is 2.54 bits per heavy atom. The van der Waals surface area contributed by atoms with E-state index in [9.17, 15) is 22.8 Å². The van der Waals surface area contributed by atoms with Crippen LogP contribution in [-0.2, 0) is 16.1 Å². The number of hydrogen-bond acceptors (Lipinski definition) is 5. The minimum absolute atomic E-state index is 0.0129. The molecule has 0 N–H and O–H groups in total. The van der Waals surface area contributed by atoms with E-state index in [0.717, 1.165) is 4.68 Å². The highest BCUT2D eigenvalue weighted by Crippen LogP contribution is 2.26. The normalized spacial score (nSPS) is 11.8. The smallest absolute Gasteiger partial charge is 0.422 e. The summed E-state index contributed by atoms with van der Waals surface area (Å²) in [6, 6.07) is 4.02. The van der Waals surface area contributed by atoms with Crippen LogP contribution < -0.4 is 10.3 Å². The van der Waals surface area contributed by atoms with Gasteiger partial charge in [-0.2, -0.15) is 18.3 Å². The summed E-state index contributed by atoms with van der Waals surface area (Å²) in [5.74, 6) is -0.744. The van der Waals surface area contributed by atoms with Gasteiger partial charge in [0.25, 0.3) is 5.56 Å². The molecule has 2 aromatic rings. The van der Waals surface area contributed by atoms with Crippen LogP contribution in [0.2, 0.25) is 0 Å². The van der Waals surface area contributed by atoms with Gasteiger partial charge in [0, 0.05) is 5.39 Å². The maximum Gasteiger partial charge on any atom is 0.422 e. The molecule has 6 nitrogen and oxygen atoms in total. The van der Waals surface area contributed by atoms with Gasteiger partial charge in [-0.3, -0.25) is 9.59 Å². The molecule has 0 saturated heterocycles. The van der Waals surface area contributed by atoms with Gasteiger partial charge in [-0.15, -0.1) is 0 Å². The zero-order chi connectivity index (χ0) is 19.5. The topological polar surface area (TPSA) is 70.4 Å². The molecule has 1 heterocycles. The maximum atomic E-state index is 12.5. The Balaban J connectivity index is 2.50. The fourth-order valence-corrected chi connectivity index (χ4v) is 2.41. The first-order valence-corrected chi connectivity index (χ1v) is 8.02. The van der Waals surface area contributed by atoms with Crippen molar-refractivity contribution >= 4 is 16.7 Å². The van der Waals surface area contributed by atoms with Crippen LogP contribution in [0.25, 0.3) is 10.8 Å². The lowest BCUT2D eigenvalue weighted by Crippen LogP contribution is -2.29. The number of alkyl halides is 3. The lowest BCUT2D eigenvalue weighted by atomic mass is 10.0. The highest BCUT2D eigenvalue weighted by Gasteiger charge is 2.28. The minimum Gasteiger partial charge on any atom is -0.484 e. The molecule has 1 aromatic heterocycles. The molecule has 1 aromatic carbocycles. The van der Waals surface area contributed by atoms with Gasteiger partial charge in [0.1, 0.15) is 12.3 Å². The van der Waals surface area contributed by atoms with E-state index >= 15 is 0 Å². The molecular formula is C17H19F3N2O4. The Hall–Kier alpha value is -2.58. The van der Waals surface area contributed by atoms with Gasteiger partial charge in [-0.25, -0.2) is 4.68 Å². The summed E-state index contributed by atoms with van der Waals surface area (Å²) >= 11 is 0. The Labute approximate surface area is 147 Å². The third kappa shape index (κ3) is 4.74. The number of fused-ring (bicyclic) bond motifs is 1. The molecule has 0 aliphatic heterocycles. The van der Waals surface area contributed by atoms with Crippen LogP contribution in [0.1, 0.15) is 32.4 Å². The number of ether oxygens (including phenoxy) is 2. The van der Waals surface area contributed by atoms with E-state index in [0.29, 0.717) is 11.1 Å². The lowest BCUT2D eigenvalue weighted by Gasteiger charge is -2.14. The summed E-state index contributed by atoms with van der Waals surface area (Å²) in [6.45, 7) is 3.71. The molecule has 2 rings (SSSR count). The Kier molecular flexibility index (Phi) is 5.89. The van der Waals surface area contributed by atoms with Gasteiger partial charge in [0.05, 0.1) is 17.7 Å². The number of nitrogens with zero attached hydrogens (tertiary/aromatic N) is 2. The van der Waals surface area contributed by atoms with Gasteiger partial charge in [0.2, 0.25) is 0 Å². The summed E-state index contributed by atoms with van der Waals surface area (Å²) in [6.07, 6.45) is -4.46. The fourth-order valence-electron chi connectivity index (χ4n) is 2.41. The van der Waals surface area contributed by atoms with Gasteiger partial charge in [-0.1, -0.05) is 13.8 Å². The SMILES string of the molecule is CCOC(=O)Cn1nc(C(C)C)c2cc(OCC(F)(F)F)ccc2c1=O. The van der Waals surface area contributed by atoms with Crippen molar-refractivity contribution in [2.75, 3.05) is 13.2 Å². The van der Waals surface area contributed by atoms with Crippen LogP contribution in [0.5, 0.6) is 5.75 Å². The predicted octanol–water partition coefficient (Wildman–Crippen LogP) is 3.02. The highest BCUT2D eigenvalue weighted by molar-refractivity contribution is 5.85. The van der Waals surface area contributed by atoms with E-state index in [4.69, 9.17) is 9.47 Å². The van der Waals surface area contributed by atoms with Crippen molar-refractivity contribution in [1.29, 1.82) is 0 Å². The standard InChI is InChI=1S/C17H19F3N2O4/c1-4-25-14(23)8-22-16(24)12-6-5-11(26-9-17(18,19)20)7-13(12)15(21-22)10(2)3/h5-7,10H,4,8-9H2,1-3H3. The fraction of sp³-hybridized carbons (Fsp3) is 0.471. The molecular weight excluding hydrogens is 353 g/mol. The highest BCUT2D eigenvalue weighted by atomic mass is 19.4. The molecule has 0 atom stereocenters. The third-order valence-electron chi connectivity index (χ3n) is 3.49. The molecule has 0 spiro atoms. The first kappa shape index (κ1) is 19.7. The van der Waals surface area contributed by atoms with Crippen molar-refractivity contribution in [2.45, 2.75) is 39.4 Å². The summed E-state index contributed by atoms with van der Waals surface area (Å²) in [5.41, 5.74) is -0.0545. The van der Waals surface area contributed by atoms with Gasteiger partial charge in [0.15, 0.2) is 6.61 Å². The van der Waals surface area contributed by atoms with Crippen molar-refractivity contribution < 1.29 is 27.4 Å². The molecule has 9 heteroatoms. The third-order valence-corrected chi connectivity index (χ3v) is 3.49. The zero-order valence-electron chi connectivity index (χ0n) is 14.6. The number of esters is 1. The number of carbonyl (C=O) groups excluding carboxylic acids is 1.